The normalized spacial score (nSPS) is 15.9. The lowest BCUT2D eigenvalue weighted by Gasteiger charge is -2.25. The van der Waals surface area contributed by atoms with Crippen LogP contribution in [-0.2, 0) is 11.2 Å². The number of nitrogens with zero attached hydrogens (tertiary/aromatic N) is 1. The third-order valence-electron chi connectivity index (χ3n) is 5.31. The molecule has 3 aromatic carbocycles. The number of thioether (sulfide) groups is 1. The van der Waals surface area contributed by atoms with Gasteiger partial charge in [-0.1, -0.05) is 37.3 Å². The van der Waals surface area contributed by atoms with Crippen LogP contribution < -0.4 is 10.2 Å². The molecule has 0 bridgehead atoms. The molecule has 0 saturated carbocycles. The fourth-order valence-electron chi connectivity index (χ4n) is 3.56. The topological polar surface area (TPSA) is 49.4 Å². The van der Waals surface area contributed by atoms with E-state index in [2.05, 4.69) is 12.2 Å². The van der Waals surface area contributed by atoms with Crippen molar-refractivity contribution in [1.82, 2.24) is 0 Å². The summed E-state index contributed by atoms with van der Waals surface area (Å²) in [5, 5.41) is 2.59. The summed E-state index contributed by atoms with van der Waals surface area (Å²) in [4.78, 5) is 26.5. The molecule has 1 N–H and O–H groups in total. The first kappa shape index (κ1) is 21.1. The Morgan fingerprint density at radius 1 is 1.10 bits per heavy atom. The number of carbonyl (C=O) groups excluding carboxylic acids is 2. The molecule has 158 valence electrons. The van der Waals surface area contributed by atoms with Gasteiger partial charge in [0, 0.05) is 11.3 Å². The first-order valence-corrected chi connectivity index (χ1v) is 11.2. The lowest BCUT2D eigenvalue weighted by Crippen LogP contribution is -2.28. The summed E-state index contributed by atoms with van der Waals surface area (Å²) in [6.45, 7) is 3.94. The molecule has 4 rings (SSSR count). The zero-order valence-corrected chi connectivity index (χ0v) is 18.2. The van der Waals surface area contributed by atoms with E-state index in [0.29, 0.717) is 22.7 Å². The highest BCUT2D eigenvalue weighted by Crippen LogP contribution is 2.43. The Morgan fingerprint density at radius 3 is 2.48 bits per heavy atom. The van der Waals surface area contributed by atoms with Crippen LogP contribution in [0.25, 0.3) is 0 Å². The summed E-state index contributed by atoms with van der Waals surface area (Å²) in [7, 11) is 0. The molecular formula is C25H23FN2O2S. The van der Waals surface area contributed by atoms with Crippen molar-refractivity contribution in [3.05, 3.63) is 94.8 Å². The monoisotopic (exact) mass is 434 g/mol. The van der Waals surface area contributed by atoms with Gasteiger partial charge in [0.15, 0.2) is 0 Å². The number of rotatable bonds is 5. The van der Waals surface area contributed by atoms with Gasteiger partial charge in [0.25, 0.3) is 5.91 Å². The van der Waals surface area contributed by atoms with E-state index < -0.39 is 5.82 Å². The molecule has 0 radical (unpaired) electrons. The van der Waals surface area contributed by atoms with Crippen LogP contribution in [0.4, 0.5) is 15.8 Å². The minimum atomic E-state index is -0.413. The molecule has 1 atom stereocenters. The first-order valence-electron chi connectivity index (χ1n) is 10.2. The molecule has 2 amide bonds. The van der Waals surface area contributed by atoms with Crippen LogP contribution in [-0.4, -0.2) is 17.6 Å². The standard InChI is InChI=1S/C25H23FN2O2S/c1-3-17-5-7-18(8-6-17)24(30)27-20-11-9-19(10-12-20)25-28(23(29)15-31-25)22-14-16(2)4-13-21(22)26/h4-14,25H,3,15H2,1-2H3,(H,27,30). The highest BCUT2D eigenvalue weighted by molar-refractivity contribution is 8.00. The largest absolute Gasteiger partial charge is 0.322 e. The summed E-state index contributed by atoms with van der Waals surface area (Å²) >= 11 is 1.46. The van der Waals surface area contributed by atoms with E-state index in [1.165, 1.54) is 28.3 Å². The molecule has 1 fully saturated rings. The second-order valence-electron chi connectivity index (χ2n) is 7.51. The van der Waals surface area contributed by atoms with Crippen molar-refractivity contribution >= 4 is 35.0 Å². The van der Waals surface area contributed by atoms with Crippen molar-refractivity contribution in [3.63, 3.8) is 0 Å². The zero-order chi connectivity index (χ0) is 22.0. The van der Waals surface area contributed by atoms with E-state index in [0.717, 1.165) is 17.5 Å². The smallest absolute Gasteiger partial charge is 0.255 e. The van der Waals surface area contributed by atoms with Crippen LogP contribution in [0.3, 0.4) is 0 Å². The molecular weight excluding hydrogens is 411 g/mol. The second kappa shape index (κ2) is 8.94. The van der Waals surface area contributed by atoms with E-state index in [-0.39, 0.29) is 17.2 Å². The summed E-state index contributed by atoms with van der Waals surface area (Å²) in [5.41, 5.74) is 4.51. The Labute approximate surface area is 185 Å². The summed E-state index contributed by atoms with van der Waals surface area (Å²) in [5.74, 6) is -0.411. The van der Waals surface area contributed by atoms with E-state index in [9.17, 15) is 14.0 Å². The van der Waals surface area contributed by atoms with E-state index in [1.807, 2.05) is 55.5 Å². The number of amides is 2. The minimum absolute atomic E-state index is 0.118. The third-order valence-corrected chi connectivity index (χ3v) is 6.52. The molecule has 4 nitrogen and oxygen atoms in total. The van der Waals surface area contributed by atoms with Gasteiger partial charge in [-0.15, -0.1) is 11.8 Å². The molecule has 0 aromatic heterocycles. The molecule has 1 aliphatic heterocycles. The molecule has 31 heavy (non-hydrogen) atoms. The first-order chi connectivity index (χ1) is 15.0. The summed E-state index contributed by atoms with van der Waals surface area (Å²) in [6, 6.07) is 19.7. The van der Waals surface area contributed by atoms with Gasteiger partial charge in [0.05, 0.1) is 11.4 Å². The molecule has 0 spiro atoms. The van der Waals surface area contributed by atoms with Gasteiger partial charge in [0.1, 0.15) is 11.2 Å². The number of benzene rings is 3. The fourth-order valence-corrected chi connectivity index (χ4v) is 4.73. The number of carbonyl (C=O) groups is 2. The SMILES string of the molecule is CCc1ccc(C(=O)Nc2ccc(C3SCC(=O)N3c3cc(C)ccc3F)cc2)cc1. The number of halogens is 1. The van der Waals surface area contributed by atoms with Crippen molar-refractivity contribution in [1.29, 1.82) is 0 Å². The van der Waals surface area contributed by atoms with E-state index >= 15 is 0 Å². The Balaban J connectivity index is 1.52. The van der Waals surface area contributed by atoms with Gasteiger partial charge >= 0.3 is 0 Å². The summed E-state index contributed by atoms with van der Waals surface area (Å²) < 4.78 is 14.4. The summed E-state index contributed by atoms with van der Waals surface area (Å²) in [6.07, 6.45) is 0.925. The molecule has 1 saturated heterocycles. The van der Waals surface area contributed by atoms with Gasteiger partial charge < -0.3 is 5.32 Å². The molecule has 6 heteroatoms. The molecule has 3 aromatic rings. The van der Waals surface area contributed by atoms with Crippen LogP contribution >= 0.6 is 11.8 Å². The van der Waals surface area contributed by atoms with Crippen molar-refractivity contribution in [2.45, 2.75) is 25.6 Å². The quantitative estimate of drug-likeness (QED) is 0.558. The van der Waals surface area contributed by atoms with Crippen LogP contribution in [0, 0.1) is 12.7 Å². The lowest BCUT2D eigenvalue weighted by atomic mass is 10.1. The third kappa shape index (κ3) is 4.49. The maximum atomic E-state index is 14.4. The number of anilines is 2. The van der Waals surface area contributed by atoms with Gasteiger partial charge in [0.2, 0.25) is 5.91 Å². The second-order valence-corrected chi connectivity index (χ2v) is 8.58. The predicted octanol–water partition coefficient (Wildman–Crippen LogP) is 5.73. The molecule has 1 aliphatic rings. The maximum absolute atomic E-state index is 14.4. The predicted molar refractivity (Wildman–Crippen MR) is 124 cm³/mol. The number of aryl methyl sites for hydroxylation is 2. The van der Waals surface area contributed by atoms with Gasteiger partial charge in [-0.3, -0.25) is 14.5 Å². The Morgan fingerprint density at radius 2 is 1.81 bits per heavy atom. The van der Waals surface area contributed by atoms with Crippen LogP contribution in [0.5, 0.6) is 0 Å². The van der Waals surface area contributed by atoms with Crippen LogP contribution in [0.1, 0.15) is 39.3 Å². The van der Waals surface area contributed by atoms with Crippen molar-refractivity contribution in [3.8, 4) is 0 Å². The number of hydrogen-bond acceptors (Lipinski definition) is 3. The van der Waals surface area contributed by atoms with E-state index in [1.54, 1.807) is 12.1 Å². The average molecular weight is 435 g/mol. The maximum Gasteiger partial charge on any atom is 0.255 e. The highest BCUT2D eigenvalue weighted by Gasteiger charge is 2.35. The Hall–Kier alpha value is -3.12. The van der Waals surface area contributed by atoms with Gasteiger partial charge in [-0.2, -0.15) is 0 Å². The van der Waals surface area contributed by atoms with Crippen molar-refractivity contribution in [2.75, 3.05) is 16.0 Å². The van der Waals surface area contributed by atoms with Gasteiger partial charge in [-0.05, 0) is 66.4 Å². The Kier molecular flexibility index (Phi) is 6.09. The van der Waals surface area contributed by atoms with Crippen molar-refractivity contribution < 1.29 is 14.0 Å². The molecule has 1 unspecified atom stereocenters. The lowest BCUT2D eigenvalue weighted by molar-refractivity contribution is -0.115. The van der Waals surface area contributed by atoms with Crippen molar-refractivity contribution in [2.24, 2.45) is 0 Å². The zero-order valence-electron chi connectivity index (χ0n) is 17.4. The fraction of sp³-hybridized carbons (Fsp3) is 0.200. The molecule has 0 aliphatic carbocycles. The van der Waals surface area contributed by atoms with E-state index in [4.69, 9.17) is 0 Å². The Bertz CT molecular complexity index is 1110. The van der Waals surface area contributed by atoms with Crippen LogP contribution in [0.15, 0.2) is 66.7 Å². The minimum Gasteiger partial charge on any atom is -0.322 e. The highest BCUT2D eigenvalue weighted by atomic mass is 32.2. The van der Waals surface area contributed by atoms with Crippen LogP contribution in [0.2, 0.25) is 0 Å². The number of nitrogens with one attached hydrogen (secondary N) is 1. The molecule has 1 heterocycles. The number of hydrogen-bond donors (Lipinski definition) is 1. The average Bonchev–Trinajstić information content (AvgIpc) is 3.17. The van der Waals surface area contributed by atoms with Gasteiger partial charge in [-0.25, -0.2) is 4.39 Å².